The SMILES string of the molecule is O=C(c1ccc(Br)c(Cl)c1)c1c(F)cc(F)cc1F. The summed E-state index contributed by atoms with van der Waals surface area (Å²) < 4.78 is 40.3. The van der Waals surface area contributed by atoms with Crippen molar-refractivity contribution < 1.29 is 18.0 Å². The number of carbonyl (C=O) groups excluding carboxylic acids is 1. The fourth-order valence-corrected chi connectivity index (χ4v) is 1.97. The summed E-state index contributed by atoms with van der Waals surface area (Å²) in [5.74, 6) is -4.48. The number of hydrogen-bond donors (Lipinski definition) is 0. The average Bonchev–Trinajstić information content (AvgIpc) is 2.31. The van der Waals surface area contributed by atoms with E-state index >= 15 is 0 Å². The Bertz CT molecular complexity index is 650. The van der Waals surface area contributed by atoms with Crippen molar-refractivity contribution in [3.63, 3.8) is 0 Å². The Hall–Kier alpha value is -1.33. The number of rotatable bonds is 2. The van der Waals surface area contributed by atoms with Crippen molar-refractivity contribution in [3.8, 4) is 0 Å². The number of hydrogen-bond acceptors (Lipinski definition) is 1. The molecule has 0 aliphatic rings. The molecular formula is C13H5BrClF3O. The molecule has 2 rings (SSSR count). The molecule has 6 heteroatoms. The lowest BCUT2D eigenvalue weighted by atomic mass is 10.0. The van der Waals surface area contributed by atoms with E-state index in [1.165, 1.54) is 18.2 Å². The van der Waals surface area contributed by atoms with Crippen LogP contribution in [0, 0.1) is 17.5 Å². The quantitative estimate of drug-likeness (QED) is 0.715. The van der Waals surface area contributed by atoms with Crippen molar-refractivity contribution in [3.05, 3.63) is 68.4 Å². The van der Waals surface area contributed by atoms with Gasteiger partial charge in [-0.1, -0.05) is 11.6 Å². The predicted octanol–water partition coefficient (Wildman–Crippen LogP) is 4.75. The molecule has 2 aromatic rings. The average molecular weight is 350 g/mol. The molecule has 0 heterocycles. The lowest BCUT2D eigenvalue weighted by molar-refractivity contribution is 0.103. The summed E-state index contributed by atoms with van der Waals surface area (Å²) in [6.07, 6.45) is 0. The van der Waals surface area contributed by atoms with Crippen molar-refractivity contribution >= 4 is 33.3 Å². The van der Waals surface area contributed by atoms with Gasteiger partial charge in [0.1, 0.15) is 17.5 Å². The molecule has 0 bridgehead atoms. The van der Waals surface area contributed by atoms with E-state index in [0.717, 1.165) is 0 Å². The van der Waals surface area contributed by atoms with Crippen LogP contribution in [0.5, 0.6) is 0 Å². The van der Waals surface area contributed by atoms with Crippen molar-refractivity contribution in [2.24, 2.45) is 0 Å². The van der Waals surface area contributed by atoms with E-state index in [-0.39, 0.29) is 10.6 Å². The van der Waals surface area contributed by atoms with Crippen LogP contribution in [0.2, 0.25) is 5.02 Å². The maximum atomic E-state index is 13.5. The van der Waals surface area contributed by atoms with Crippen molar-refractivity contribution in [2.75, 3.05) is 0 Å². The van der Waals surface area contributed by atoms with Gasteiger partial charge in [0.15, 0.2) is 5.78 Å². The lowest BCUT2D eigenvalue weighted by Crippen LogP contribution is -2.08. The van der Waals surface area contributed by atoms with E-state index in [0.29, 0.717) is 16.6 Å². The first-order chi connectivity index (χ1) is 8.90. The Balaban J connectivity index is 2.53. The Labute approximate surface area is 120 Å². The Morgan fingerprint density at radius 2 is 1.63 bits per heavy atom. The van der Waals surface area contributed by atoms with Crippen LogP contribution in [0.25, 0.3) is 0 Å². The Morgan fingerprint density at radius 3 is 2.16 bits per heavy atom. The highest BCUT2D eigenvalue weighted by Crippen LogP contribution is 2.26. The molecule has 0 atom stereocenters. The minimum Gasteiger partial charge on any atom is -0.288 e. The van der Waals surface area contributed by atoms with Crippen LogP contribution in [0.3, 0.4) is 0 Å². The molecule has 2 aromatic carbocycles. The minimum absolute atomic E-state index is 0.0117. The van der Waals surface area contributed by atoms with E-state index in [2.05, 4.69) is 15.9 Å². The van der Waals surface area contributed by atoms with Crippen LogP contribution in [0.1, 0.15) is 15.9 Å². The van der Waals surface area contributed by atoms with Crippen molar-refractivity contribution in [1.29, 1.82) is 0 Å². The van der Waals surface area contributed by atoms with Crippen LogP contribution in [0.15, 0.2) is 34.8 Å². The molecule has 0 amide bonds. The van der Waals surface area contributed by atoms with Gasteiger partial charge in [-0.25, -0.2) is 13.2 Å². The smallest absolute Gasteiger partial charge is 0.198 e. The summed E-state index contributed by atoms with van der Waals surface area (Å²) in [5.41, 5.74) is -0.794. The van der Waals surface area contributed by atoms with Crippen molar-refractivity contribution in [1.82, 2.24) is 0 Å². The first-order valence-corrected chi connectivity index (χ1v) is 6.21. The van der Waals surface area contributed by atoms with Gasteiger partial charge >= 0.3 is 0 Å². The molecule has 0 spiro atoms. The summed E-state index contributed by atoms with van der Waals surface area (Å²) in [4.78, 5) is 12.0. The third-order valence-electron chi connectivity index (χ3n) is 2.42. The maximum Gasteiger partial charge on any atom is 0.198 e. The monoisotopic (exact) mass is 348 g/mol. The maximum absolute atomic E-state index is 13.5. The summed E-state index contributed by atoms with van der Waals surface area (Å²) in [6, 6.07) is 5.03. The summed E-state index contributed by atoms with van der Waals surface area (Å²) in [7, 11) is 0. The molecule has 0 saturated heterocycles. The molecule has 0 fully saturated rings. The summed E-state index contributed by atoms with van der Waals surface area (Å²) in [5, 5.41) is 0.230. The lowest BCUT2D eigenvalue weighted by Gasteiger charge is -2.06. The van der Waals surface area contributed by atoms with E-state index in [1.807, 2.05) is 0 Å². The topological polar surface area (TPSA) is 17.1 Å². The van der Waals surface area contributed by atoms with Crippen LogP contribution in [0.4, 0.5) is 13.2 Å². The van der Waals surface area contributed by atoms with Crippen LogP contribution in [-0.4, -0.2) is 5.78 Å². The second-order valence-corrected chi connectivity index (χ2v) is 4.96. The zero-order valence-electron chi connectivity index (χ0n) is 9.18. The fraction of sp³-hybridized carbons (Fsp3) is 0. The highest BCUT2D eigenvalue weighted by Gasteiger charge is 2.20. The fourth-order valence-electron chi connectivity index (χ4n) is 1.54. The normalized spacial score (nSPS) is 10.6. The largest absolute Gasteiger partial charge is 0.288 e. The third-order valence-corrected chi connectivity index (χ3v) is 3.65. The molecule has 19 heavy (non-hydrogen) atoms. The number of ketones is 1. The molecule has 0 aliphatic heterocycles. The predicted molar refractivity (Wildman–Crippen MR) is 68.9 cm³/mol. The zero-order chi connectivity index (χ0) is 14.2. The van der Waals surface area contributed by atoms with E-state index in [1.54, 1.807) is 0 Å². The van der Waals surface area contributed by atoms with Gasteiger partial charge in [-0.05, 0) is 34.1 Å². The molecule has 98 valence electrons. The van der Waals surface area contributed by atoms with Gasteiger partial charge in [0, 0.05) is 22.2 Å². The second-order valence-electron chi connectivity index (χ2n) is 3.70. The van der Waals surface area contributed by atoms with Gasteiger partial charge in [-0.15, -0.1) is 0 Å². The molecule has 0 radical (unpaired) electrons. The molecule has 0 aromatic heterocycles. The highest BCUT2D eigenvalue weighted by atomic mass is 79.9. The van der Waals surface area contributed by atoms with Crippen LogP contribution >= 0.6 is 27.5 Å². The van der Waals surface area contributed by atoms with Gasteiger partial charge in [-0.3, -0.25) is 4.79 Å². The second kappa shape index (κ2) is 5.35. The molecule has 0 N–H and O–H groups in total. The number of benzene rings is 2. The first-order valence-electron chi connectivity index (χ1n) is 5.04. The molecular weight excluding hydrogens is 344 g/mol. The van der Waals surface area contributed by atoms with Gasteiger partial charge in [0.2, 0.25) is 0 Å². The molecule has 0 aliphatic carbocycles. The summed E-state index contributed by atoms with van der Waals surface area (Å²) >= 11 is 8.94. The van der Waals surface area contributed by atoms with E-state index in [9.17, 15) is 18.0 Å². The van der Waals surface area contributed by atoms with Gasteiger partial charge in [-0.2, -0.15) is 0 Å². The van der Waals surface area contributed by atoms with Gasteiger partial charge in [0.05, 0.1) is 10.6 Å². The molecule has 1 nitrogen and oxygen atoms in total. The van der Waals surface area contributed by atoms with Crippen LogP contribution < -0.4 is 0 Å². The van der Waals surface area contributed by atoms with Gasteiger partial charge < -0.3 is 0 Å². The first kappa shape index (κ1) is 14.1. The van der Waals surface area contributed by atoms with E-state index < -0.39 is 28.8 Å². The minimum atomic E-state index is -1.25. The summed E-state index contributed by atoms with van der Waals surface area (Å²) in [6.45, 7) is 0. The van der Waals surface area contributed by atoms with Gasteiger partial charge in [0.25, 0.3) is 0 Å². The number of carbonyl (C=O) groups is 1. The van der Waals surface area contributed by atoms with Crippen LogP contribution in [-0.2, 0) is 0 Å². The Kier molecular flexibility index (Phi) is 3.96. The van der Waals surface area contributed by atoms with Crippen molar-refractivity contribution in [2.45, 2.75) is 0 Å². The Morgan fingerprint density at radius 1 is 1.05 bits per heavy atom. The molecule has 0 unspecified atom stereocenters. The number of halogens is 5. The third kappa shape index (κ3) is 2.82. The highest BCUT2D eigenvalue weighted by molar-refractivity contribution is 9.10. The standard InChI is InChI=1S/C13H5BrClF3O/c14-8-2-1-6(3-9(8)15)13(19)12-10(17)4-7(16)5-11(12)18/h1-5H. The zero-order valence-corrected chi connectivity index (χ0v) is 11.5. The molecule has 0 saturated carbocycles. The van der Waals surface area contributed by atoms with E-state index in [4.69, 9.17) is 11.6 Å².